The van der Waals surface area contributed by atoms with Gasteiger partial charge in [-0.05, 0) is 30.7 Å². The number of rotatable bonds is 2. The maximum absolute atomic E-state index is 11.1. The third-order valence-corrected chi connectivity index (χ3v) is 4.10. The highest BCUT2D eigenvalue weighted by Crippen LogP contribution is 2.31. The predicted molar refractivity (Wildman–Crippen MR) is 68.5 cm³/mol. The Balaban J connectivity index is 2.07. The van der Waals surface area contributed by atoms with E-state index in [0.29, 0.717) is 0 Å². The van der Waals surface area contributed by atoms with Gasteiger partial charge in [0.2, 0.25) is 0 Å². The SMILES string of the molecule is O=CC1CCCCN1c1ncnc2ccsc12. The Labute approximate surface area is 103 Å². The van der Waals surface area contributed by atoms with E-state index in [1.54, 1.807) is 17.7 Å². The fourth-order valence-electron chi connectivity index (χ4n) is 2.34. The highest BCUT2D eigenvalue weighted by molar-refractivity contribution is 7.17. The molecule has 0 saturated carbocycles. The minimum Gasteiger partial charge on any atom is -0.346 e. The molecule has 0 N–H and O–H groups in total. The lowest BCUT2D eigenvalue weighted by molar-refractivity contribution is -0.109. The quantitative estimate of drug-likeness (QED) is 0.764. The fraction of sp³-hybridized carbons (Fsp3) is 0.417. The van der Waals surface area contributed by atoms with E-state index in [1.165, 1.54) is 0 Å². The Morgan fingerprint density at radius 2 is 2.35 bits per heavy atom. The van der Waals surface area contributed by atoms with E-state index < -0.39 is 0 Å². The molecule has 17 heavy (non-hydrogen) atoms. The summed E-state index contributed by atoms with van der Waals surface area (Å²) in [6.45, 7) is 0.910. The summed E-state index contributed by atoms with van der Waals surface area (Å²) >= 11 is 1.64. The minimum atomic E-state index is -0.0241. The third kappa shape index (κ3) is 1.80. The van der Waals surface area contributed by atoms with Crippen LogP contribution in [0.4, 0.5) is 5.82 Å². The van der Waals surface area contributed by atoms with E-state index in [-0.39, 0.29) is 6.04 Å². The number of aromatic nitrogens is 2. The second kappa shape index (κ2) is 4.41. The molecule has 1 unspecified atom stereocenters. The average molecular weight is 247 g/mol. The van der Waals surface area contributed by atoms with Crippen LogP contribution in [0.1, 0.15) is 19.3 Å². The molecule has 1 aliphatic heterocycles. The van der Waals surface area contributed by atoms with E-state index in [9.17, 15) is 4.79 Å². The first-order chi connectivity index (χ1) is 8.40. The number of carbonyl (C=O) groups is 1. The number of carbonyl (C=O) groups excluding carboxylic acids is 1. The number of hydrogen-bond acceptors (Lipinski definition) is 5. The molecule has 3 heterocycles. The van der Waals surface area contributed by atoms with Crippen molar-refractivity contribution in [2.75, 3.05) is 11.4 Å². The first-order valence-electron chi connectivity index (χ1n) is 5.80. The molecular formula is C12H13N3OS. The zero-order chi connectivity index (χ0) is 11.7. The lowest BCUT2D eigenvalue weighted by atomic mass is 10.0. The van der Waals surface area contributed by atoms with E-state index in [2.05, 4.69) is 14.9 Å². The Morgan fingerprint density at radius 1 is 1.41 bits per heavy atom. The summed E-state index contributed by atoms with van der Waals surface area (Å²) in [7, 11) is 0. The van der Waals surface area contributed by atoms with Crippen LogP contribution in [0.2, 0.25) is 0 Å². The number of aldehydes is 1. The van der Waals surface area contributed by atoms with E-state index >= 15 is 0 Å². The van der Waals surface area contributed by atoms with Crippen molar-refractivity contribution < 1.29 is 4.79 Å². The summed E-state index contributed by atoms with van der Waals surface area (Å²) in [5.74, 6) is 0.918. The molecule has 2 aromatic heterocycles. The molecule has 0 aliphatic carbocycles. The van der Waals surface area contributed by atoms with E-state index in [0.717, 1.165) is 48.1 Å². The van der Waals surface area contributed by atoms with Crippen LogP contribution in [0.25, 0.3) is 10.2 Å². The van der Waals surface area contributed by atoms with Gasteiger partial charge in [0.05, 0.1) is 16.3 Å². The second-order valence-electron chi connectivity index (χ2n) is 4.22. The number of thiophene rings is 1. The molecule has 88 valence electrons. The maximum Gasteiger partial charge on any atom is 0.150 e. The summed E-state index contributed by atoms with van der Waals surface area (Å²) in [6.07, 6.45) is 5.81. The van der Waals surface area contributed by atoms with Crippen LogP contribution in [-0.4, -0.2) is 28.8 Å². The first kappa shape index (κ1) is 10.7. The summed E-state index contributed by atoms with van der Waals surface area (Å²) in [4.78, 5) is 21.9. The number of nitrogens with zero attached hydrogens (tertiary/aromatic N) is 3. The average Bonchev–Trinajstić information content (AvgIpc) is 2.86. The largest absolute Gasteiger partial charge is 0.346 e. The lowest BCUT2D eigenvalue weighted by Crippen LogP contribution is -2.41. The van der Waals surface area contributed by atoms with Gasteiger partial charge in [-0.25, -0.2) is 9.97 Å². The topological polar surface area (TPSA) is 46.1 Å². The number of hydrogen-bond donors (Lipinski definition) is 0. The molecule has 0 aromatic carbocycles. The Hall–Kier alpha value is -1.49. The molecule has 3 rings (SSSR count). The minimum absolute atomic E-state index is 0.0241. The van der Waals surface area contributed by atoms with Crippen LogP contribution < -0.4 is 4.90 Å². The van der Waals surface area contributed by atoms with Gasteiger partial charge in [-0.15, -0.1) is 11.3 Å². The Bertz CT molecular complexity index is 539. The molecule has 2 aromatic rings. The maximum atomic E-state index is 11.1. The highest BCUT2D eigenvalue weighted by Gasteiger charge is 2.24. The van der Waals surface area contributed by atoms with Crippen molar-refractivity contribution in [2.24, 2.45) is 0 Å². The first-order valence-corrected chi connectivity index (χ1v) is 6.68. The van der Waals surface area contributed by atoms with Crippen LogP contribution in [0.3, 0.4) is 0 Å². The molecule has 0 radical (unpaired) electrons. The molecule has 5 heteroatoms. The van der Waals surface area contributed by atoms with Gasteiger partial charge < -0.3 is 9.69 Å². The summed E-state index contributed by atoms with van der Waals surface area (Å²) in [5, 5.41) is 2.02. The predicted octanol–water partition coefficient (Wildman–Crippen LogP) is 2.25. The van der Waals surface area contributed by atoms with Gasteiger partial charge in [0, 0.05) is 6.54 Å². The molecule has 1 saturated heterocycles. The van der Waals surface area contributed by atoms with E-state index in [4.69, 9.17) is 0 Å². The van der Waals surface area contributed by atoms with Gasteiger partial charge in [0.1, 0.15) is 12.6 Å². The molecule has 4 nitrogen and oxygen atoms in total. The Morgan fingerprint density at radius 3 is 3.24 bits per heavy atom. The zero-order valence-electron chi connectivity index (χ0n) is 9.37. The normalized spacial score (nSPS) is 20.7. The number of anilines is 1. The molecular weight excluding hydrogens is 234 g/mol. The van der Waals surface area contributed by atoms with Crippen molar-refractivity contribution in [3.05, 3.63) is 17.8 Å². The smallest absolute Gasteiger partial charge is 0.150 e. The molecule has 1 aliphatic rings. The Kier molecular flexibility index (Phi) is 2.76. The van der Waals surface area contributed by atoms with Crippen LogP contribution in [0, 0.1) is 0 Å². The van der Waals surface area contributed by atoms with Gasteiger partial charge in [-0.2, -0.15) is 0 Å². The molecule has 0 amide bonds. The summed E-state index contributed by atoms with van der Waals surface area (Å²) in [6, 6.07) is 1.97. The van der Waals surface area contributed by atoms with Crippen LogP contribution >= 0.6 is 11.3 Å². The molecule has 0 bridgehead atoms. The van der Waals surface area contributed by atoms with Gasteiger partial charge in [-0.3, -0.25) is 0 Å². The standard InChI is InChI=1S/C12H13N3OS/c16-7-9-3-1-2-5-15(9)12-11-10(4-6-17-11)13-8-14-12/h4,6-9H,1-3,5H2. The zero-order valence-corrected chi connectivity index (χ0v) is 10.2. The monoisotopic (exact) mass is 247 g/mol. The molecule has 1 atom stereocenters. The van der Waals surface area contributed by atoms with Gasteiger partial charge >= 0.3 is 0 Å². The van der Waals surface area contributed by atoms with Crippen LogP contribution in [-0.2, 0) is 4.79 Å². The van der Waals surface area contributed by atoms with Crippen molar-refractivity contribution >= 4 is 33.7 Å². The van der Waals surface area contributed by atoms with Crippen molar-refractivity contribution in [1.29, 1.82) is 0 Å². The van der Waals surface area contributed by atoms with Gasteiger partial charge in [-0.1, -0.05) is 0 Å². The van der Waals surface area contributed by atoms with Gasteiger partial charge in [0.15, 0.2) is 5.82 Å². The van der Waals surface area contributed by atoms with Crippen molar-refractivity contribution in [1.82, 2.24) is 9.97 Å². The van der Waals surface area contributed by atoms with Crippen LogP contribution in [0.15, 0.2) is 17.8 Å². The number of fused-ring (bicyclic) bond motifs is 1. The van der Waals surface area contributed by atoms with Crippen molar-refractivity contribution in [3.8, 4) is 0 Å². The lowest BCUT2D eigenvalue weighted by Gasteiger charge is -2.33. The molecule has 0 spiro atoms. The molecule has 1 fully saturated rings. The van der Waals surface area contributed by atoms with Crippen molar-refractivity contribution in [3.63, 3.8) is 0 Å². The fourth-order valence-corrected chi connectivity index (χ4v) is 3.19. The highest BCUT2D eigenvalue weighted by atomic mass is 32.1. The second-order valence-corrected chi connectivity index (χ2v) is 5.14. The van der Waals surface area contributed by atoms with E-state index in [1.807, 2.05) is 11.4 Å². The summed E-state index contributed by atoms with van der Waals surface area (Å²) < 4.78 is 1.08. The number of piperidine rings is 1. The van der Waals surface area contributed by atoms with Crippen LogP contribution in [0.5, 0.6) is 0 Å². The summed E-state index contributed by atoms with van der Waals surface area (Å²) in [5.41, 5.74) is 0.968. The third-order valence-electron chi connectivity index (χ3n) is 3.20. The van der Waals surface area contributed by atoms with Gasteiger partial charge in [0.25, 0.3) is 0 Å². The van der Waals surface area contributed by atoms with Crippen molar-refractivity contribution in [2.45, 2.75) is 25.3 Å².